The zero-order valence-corrected chi connectivity index (χ0v) is 10.6. The number of ether oxygens (including phenoxy) is 1. The first-order valence-electron chi connectivity index (χ1n) is 6.81. The van der Waals surface area contributed by atoms with E-state index in [-0.39, 0.29) is 11.5 Å². The van der Waals surface area contributed by atoms with Crippen molar-refractivity contribution < 1.29 is 9.53 Å². The van der Waals surface area contributed by atoms with E-state index in [9.17, 15) is 4.79 Å². The Bertz CT molecular complexity index is 315. The van der Waals surface area contributed by atoms with Crippen LogP contribution in [-0.2, 0) is 9.53 Å². The monoisotopic (exact) mass is 238 g/mol. The van der Waals surface area contributed by atoms with Gasteiger partial charge >= 0.3 is 5.97 Å². The molecule has 0 aromatic carbocycles. The summed E-state index contributed by atoms with van der Waals surface area (Å²) in [4.78, 5) is 14.7. The van der Waals surface area contributed by atoms with Gasteiger partial charge in [-0.15, -0.1) is 0 Å². The Morgan fingerprint density at radius 2 is 2.12 bits per heavy atom. The van der Waals surface area contributed by atoms with Crippen molar-refractivity contribution >= 4 is 5.97 Å². The van der Waals surface area contributed by atoms with Crippen LogP contribution in [0.15, 0.2) is 0 Å². The summed E-state index contributed by atoms with van der Waals surface area (Å²) in [6.07, 6.45) is 4.79. The first-order valence-corrected chi connectivity index (χ1v) is 6.81. The van der Waals surface area contributed by atoms with E-state index in [1.54, 1.807) is 0 Å². The normalized spacial score (nSPS) is 41.7. The van der Waals surface area contributed by atoms with Crippen LogP contribution in [0.5, 0.6) is 0 Å². The number of carbonyl (C=O) groups excluding carboxylic acids is 1. The minimum Gasteiger partial charge on any atom is -0.468 e. The van der Waals surface area contributed by atoms with Crippen molar-refractivity contribution in [1.82, 2.24) is 10.2 Å². The van der Waals surface area contributed by atoms with Crippen LogP contribution in [-0.4, -0.2) is 49.7 Å². The third-order valence-electron chi connectivity index (χ3n) is 5.04. The van der Waals surface area contributed by atoms with Crippen LogP contribution in [0.4, 0.5) is 0 Å². The third kappa shape index (κ3) is 1.61. The Balaban J connectivity index is 1.88. The molecule has 17 heavy (non-hydrogen) atoms. The fourth-order valence-corrected chi connectivity index (χ4v) is 4.31. The molecule has 2 bridgehead atoms. The highest BCUT2D eigenvalue weighted by molar-refractivity contribution is 5.82. The van der Waals surface area contributed by atoms with Crippen LogP contribution in [0.1, 0.15) is 25.7 Å². The van der Waals surface area contributed by atoms with Crippen molar-refractivity contribution in [3.63, 3.8) is 0 Å². The van der Waals surface area contributed by atoms with Crippen molar-refractivity contribution in [2.45, 2.75) is 31.2 Å². The van der Waals surface area contributed by atoms with E-state index in [2.05, 4.69) is 10.2 Å². The summed E-state index contributed by atoms with van der Waals surface area (Å²) in [7, 11) is 1.54. The van der Waals surface area contributed by atoms with Crippen molar-refractivity contribution in [2.75, 3.05) is 33.3 Å². The van der Waals surface area contributed by atoms with Crippen LogP contribution >= 0.6 is 0 Å². The molecule has 1 heterocycles. The third-order valence-corrected chi connectivity index (χ3v) is 5.04. The maximum Gasteiger partial charge on any atom is 0.326 e. The molecule has 4 heteroatoms. The molecule has 0 amide bonds. The van der Waals surface area contributed by atoms with Gasteiger partial charge in [0.15, 0.2) is 0 Å². The zero-order valence-electron chi connectivity index (χ0n) is 10.6. The van der Waals surface area contributed by atoms with E-state index in [0.29, 0.717) is 5.92 Å². The SMILES string of the molecule is COC(=O)C1(N2CCNCC2)CC2CCC1C2. The van der Waals surface area contributed by atoms with Crippen LogP contribution < -0.4 is 5.32 Å². The summed E-state index contributed by atoms with van der Waals surface area (Å²) < 4.78 is 5.14. The highest BCUT2D eigenvalue weighted by Gasteiger charge is 2.59. The smallest absolute Gasteiger partial charge is 0.326 e. The van der Waals surface area contributed by atoms with Gasteiger partial charge < -0.3 is 10.1 Å². The summed E-state index contributed by atoms with van der Waals surface area (Å²) in [6, 6.07) is 0. The van der Waals surface area contributed by atoms with Crippen molar-refractivity contribution in [3.8, 4) is 0 Å². The number of methoxy groups -OCH3 is 1. The molecule has 3 unspecified atom stereocenters. The lowest BCUT2D eigenvalue weighted by atomic mass is 9.79. The van der Waals surface area contributed by atoms with Gasteiger partial charge in [-0.25, -0.2) is 0 Å². The van der Waals surface area contributed by atoms with E-state index in [1.807, 2.05) is 0 Å². The van der Waals surface area contributed by atoms with Gasteiger partial charge in [0.2, 0.25) is 0 Å². The lowest BCUT2D eigenvalue weighted by molar-refractivity contribution is -0.160. The lowest BCUT2D eigenvalue weighted by Gasteiger charge is -2.46. The summed E-state index contributed by atoms with van der Waals surface area (Å²) in [5.74, 6) is 1.32. The Hall–Kier alpha value is -0.610. The Morgan fingerprint density at radius 3 is 2.65 bits per heavy atom. The maximum atomic E-state index is 12.3. The molecular formula is C13H22N2O2. The highest BCUT2D eigenvalue weighted by atomic mass is 16.5. The van der Waals surface area contributed by atoms with Gasteiger partial charge in [-0.3, -0.25) is 9.69 Å². The van der Waals surface area contributed by atoms with E-state index in [4.69, 9.17) is 4.74 Å². The van der Waals surface area contributed by atoms with Crippen molar-refractivity contribution in [3.05, 3.63) is 0 Å². The molecule has 0 aromatic heterocycles. The molecule has 3 fully saturated rings. The first kappa shape index (κ1) is 11.5. The molecule has 3 aliphatic rings. The number of nitrogens with one attached hydrogen (secondary N) is 1. The molecule has 96 valence electrons. The van der Waals surface area contributed by atoms with Crippen LogP contribution in [0.2, 0.25) is 0 Å². The van der Waals surface area contributed by atoms with E-state index in [0.717, 1.165) is 38.5 Å². The predicted molar refractivity (Wildman–Crippen MR) is 64.6 cm³/mol. The van der Waals surface area contributed by atoms with Crippen molar-refractivity contribution in [2.24, 2.45) is 11.8 Å². The second-order valence-corrected chi connectivity index (χ2v) is 5.73. The molecule has 1 saturated heterocycles. The van der Waals surface area contributed by atoms with Crippen LogP contribution in [0.3, 0.4) is 0 Å². The summed E-state index contributed by atoms with van der Waals surface area (Å²) >= 11 is 0. The Morgan fingerprint density at radius 1 is 1.35 bits per heavy atom. The standard InChI is InChI=1S/C13H22N2O2/c1-17-12(16)13(15-6-4-14-5-7-15)9-10-2-3-11(13)8-10/h10-11,14H,2-9H2,1H3. The summed E-state index contributed by atoms with van der Waals surface area (Å²) in [5.41, 5.74) is -0.278. The minimum absolute atomic E-state index is 0.0200. The number of nitrogens with zero attached hydrogens (tertiary/aromatic N) is 1. The van der Waals surface area contributed by atoms with Gasteiger partial charge in [-0.2, -0.15) is 0 Å². The first-order chi connectivity index (χ1) is 8.27. The summed E-state index contributed by atoms with van der Waals surface area (Å²) in [5, 5.41) is 3.36. The second-order valence-electron chi connectivity index (χ2n) is 5.73. The molecule has 0 aromatic rings. The second kappa shape index (κ2) is 4.25. The van der Waals surface area contributed by atoms with Crippen molar-refractivity contribution in [1.29, 1.82) is 0 Å². The number of fused-ring (bicyclic) bond motifs is 2. The van der Waals surface area contributed by atoms with Crippen LogP contribution in [0, 0.1) is 11.8 Å². The van der Waals surface area contributed by atoms with Gasteiger partial charge in [0.05, 0.1) is 7.11 Å². The predicted octanol–water partition coefficient (Wildman–Crippen LogP) is 0.623. The fraction of sp³-hybridized carbons (Fsp3) is 0.923. The number of hydrogen-bond acceptors (Lipinski definition) is 4. The molecule has 1 aliphatic heterocycles. The molecule has 0 radical (unpaired) electrons. The van der Waals surface area contributed by atoms with E-state index < -0.39 is 0 Å². The zero-order chi connectivity index (χ0) is 11.9. The van der Waals surface area contributed by atoms with Gasteiger partial charge in [-0.1, -0.05) is 6.42 Å². The number of esters is 1. The van der Waals surface area contributed by atoms with E-state index >= 15 is 0 Å². The molecule has 3 rings (SSSR count). The topological polar surface area (TPSA) is 41.6 Å². The average Bonchev–Trinajstić information content (AvgIpc) is 2.99. The fourth-order valence-electron chi connectivity index (χ4n) is 4.31. The molecule has 4 nitrogen and oxygen atoms in total. The molecule has 2 saturated carbocycles. The highest BCUT2D eigenvalue weighted by Crippen LogP contribution is 2.54. The molecule has 1 N–H and O–H groups in total. The number of carbonyl (C=O) groups is 1. The van der Waals surface area contributed by atoms with Crippen LogP contribution in [0.25, 0.3) is 0 Å². The van der Waals surface area contributed by atoms with Gasteiger partial charge in [0, 0.05) is 26.2 Å². The lowest BCUT2D eigenvalue weighted by Crippen LogP contribution is -2.63. The largest absolute Gasteiger partial charge is 0.468 e. The number of rotatable bonds is 2. The Kier molecular flexibility index (Phi) is 2.87. The van der Waals surface area contributed by atoms with Gasteiger partial charge in [0.25, 0.3) is 0 Å². The molecule has 3 atom stereocenters. The van der Waals surface area contributed by atoms with Gasteiger partial charge in [-0.05, 0) is 31.1 Å². The molecular weight excluding hydrogens is 216 g/mol. The molecule has 0 spiro atoms. The van der Waals surface area contributed by atoms with E-state index in [1.165, 1.54) is 26.4 Å². The quantitative estimate of drug-likeness (QED) is 0.716. The van der Waals surface area contributed by atoms with Gasteiger partial charge in [0.1, 0.15) is 5.54 Å². The number of piperazine rings is 1. The number of hydrogen-bond donors (Lipinski definition) is 1. The Labute approximate surface area is 103 Å². The average molecular weight is 238 g/mol. The maximum absolute atomic E-state index is 12.3. The molecule has 2 aliphatic carbocycles. The minimum atomic E-state index is -0.278. The summed E-state index contributed by atoms with van der Waals surface area (Å²) in [6.45, 7) is 3.96.